The van der Waals surface area contributed by atoms with Crippen LogP contribution < -0.4 is 5.32 Å². The van der Waals surface area contributed by atoms with Gasteiger partial charge in [0.05, 0.1) is 11.8 Å². The van der Waals surface area contributed by atoms with Crippen LogP contribution in [-0.2, 0) is 9.59 Å². The van der Waals surface area contributed by atoms with Gasteiger partial charge in [-0.3, -0.25) is 9.59 Å². The normalized spacial score (nSPS) is 21.9. The molecule has 1 aliphatic rings. The Hall–Kier alpha value is -1.26. The van der Waals surface area contributed by atoms with E-state index >= 15 is 0 Å². The maximum Gasteiger partial charge on any atom is 0.236 e. The lowest BCUT2D eigenvalue weighted by Gasteiger charge is -2.36. The number of nitrogens with one attached hydrogen (secondary N) is 1. The van der Waals surface area contributed by atoms with Gasteiger partial charge in [-0.15, -0.1) is 11.8 Å². The van der Waals surface area contributed by atoms with Crippen molar-refractivity contribution in [3.8, 4) is 0 Å². The van der Waals surface area contributed by atoms with Crippen molar-refractivity contribution in [1.82, 2.24) is 5.32 Å². The molecule has 1 heterocycles. The Morgan fingerprint density at radius 1 is 1.50 bits per heavy atom. The minimum Gasteiger partial charge on any atom is -0.347 e. The van der Waals surface area contributed by atoms with Crippen LogP contribution in [0.5, 0.6) is 0 Å². The molecule has 94 valence electrons. The van der Waals surface area contributed by atoms with Gasteiger partial charge < -0.3 is 5.32 Å². The zero-order valence-electron chi connectivity index (χ0n) is 9.56. The number of thioether (sulfide) groups is 1. The van der Waals surface area contributed by atoms with Gasteiger partial charge in [0.1, 0.15) is 5.25 Å². The Kier molecular flexibility index (Phi) is 4.09. The van der Waals surface area contributed by atoms with Crippen molar-refractivity contribution in [1.29, 1.82) is 0 Å². The number of carbonyl (C=O) groups excluding carboxylic acids is 2. The number of benzene rings is 1. The number of allylic oxidation sites excluding steroid dienone is 1. The van der Waals surface area contributed by atoms with Crippen molar-refractivity contribution in [2.24, 2.45) is 0 Å². The first kappa shape index (κ1) is 13.2. The van der Waals surface area contributed by atoms with E-state index in [9.17, 15) is 9.59 Å². The summed E-state index contributed by atoms with van der Waals surface area (Å²) in [5.74, 6) is 0.141. The van der Waals surface area contributed by atoms with Gasteiger partial charge in [-0.25, -0.2) is 0 Å². The third-order valence-corrected chi connectivity index (χ3v) is 4.37. The van der Waals surface area contributed by atoms with Gasteiger partial charge in [-0.05, 0) is 17.7 Å². The average Bonchev–Trinajstić information content (AvgIpc) is 2.36. The maximum absolute atomic E-state index is 11.5. The van der Waals surface area contributed by atoms with Crippen LogP contribution in [0.2, 0.25) is 5.02 Å². The highest BCUT2D eigenvalue weighted by atomic mass is 35.5. The molecule has 3 nitrogen and oxygen atoms in total. The van der Waals surface area contributed by atoms with Crippen molar-refractivity contribution >= 4 is 35.1 Å². The molecular weight excluding hydrogens is 270 g/mol. The fourth-order valence-electron chi connectivity index (χ4n) is 1.74. The Morgan fingerprint density at radius 2 is 2.22 bits per heavy atom. The molecule has 0 radical (unpaired) electrons. The monoisotopic (exact) mass is 281 g/mol. The van der Waals surface area contributed by atoms with E-state index in [0.29, 0.717) is 5.02 Å². The maximum atomic E-state index is 11.5. The number of carbonyl (C=O) groups is 2. The molecule has 2 unspecified atom stereocenters. The van der Waals surface area contributed by atoms with Crippen molar-refractivity contribution < 1.29 is 9.59 Å². The molecule has 18 heavy (non-hydrogen) atoms. The Labute approximate surface area is 115 Å². The summed E-state index contributed by atoms with van der Waals surface area (Å²) in [5.41, 5.74) is 0.891. The van der Waals surface area contributed by atoms with E-state index in [1.165, 1.54) is 17.8 Å². The predicted molar refractivity (Wildman–Crippen MR) is 73.8 cm³/mol. The van der Waals surface area contributed by atoms with Crippen molar-refractivity contribution in [2.45, 2.75) is 11.3 Å². The number of hydrogen-bond acceptors (Lipinski definition) is 3. The van der Waals surface area contributed by atoms with Gasteiger partial charge in [0.2, 0.25) is 5.91 Å². The van der Waals surface area contributed by atoms with Gasteiger partial charge in [-0.2, -0.15) is 0 Å². The average molecular weight is 282 g/mol. The molecule has 0 aromatic heterocycles. The second-order valence-electron chi connectivity index (χ2n) is 3.91. The molecule has 1 aliphatic heterocycles. The van der Waals surface area contributed by atoms with Gasteiger partial charge in [0, 0.05) is 5.02 Å². The van der Waals surface area contributed by atoms with E-state index in [4.69, 9.17) is 11.6 Å². The van der Waals surface area contributed by atoms with Crippen LogP contribution in [0.4, 0.5) is 0 Å². The molecule has 1 fully saturated rings. The topological polar surface area (TPSA) is 46.2 Å². The Balaban J connectivity index is 2.06. The molecule has 0 aliphatic carbocycles. The van der Waals surface area contributed by atoms with Crippen LogP contribution >= 0.6 is 23.4 Å². The van der Waals surface area contributed by atoms with E-state index in [1.807, 2.05) is 18.2 Å². The van der Waals surface area contributed by atoms with Crippen molar-refractivity contribution in [3.05, 3.63) is 47.5 Å². The third-order valence-electron chi connectivity index (χ3n) is 2.73. The van der Waals surface area contributed by atoms with Crippen LogP contribution in [-0.4, -0.2) is 22.7 Å². The number of rotatable bonds is 5. The van der Waals surface area contributed by atoms with Crippen LogP contribution in [0.1, 0.15) is 11.6 Å². The zero-order chi connectivity index (χ0) is 13.1. The molecule has 1 N–H and O–H groups in total. The first-order valence-corrected chi connectivity index (χ1v) is 6.88. The molecule has 1 saturated heterocycles. The number of amides is 1. The minimum absolute atomic E-state index is 0.0539. The van der Waals surface area contributed by atoms with Gasteiger partial charge >= 0.3 is 0 Å². The highest BCUT2D eigenvalue weighted by Gasteiger charge is 2.41. The molecule has 1 amide bonds. The summed E-state index contributed by atoms with van der Waals surface area (Å²) in [6, 6.07) is 7.28. The smallest absolute Gasteiger partial charge is 0.236 e. The number of ketones is 1. The highest BCUT2D eigenvalue weighted by molar-refractivity contribution is 8.01. The standard InChI is InChI=1S/C13H12ClNO2S/c1-2-8(16)7-18-12-11(15-13(12)17)9-5-3-4-6-10(9)14/h2-6,11-12H,1,7H2,(H,15,17). The van der Waals surface area contributed by atoms with Crippen LogP contribution in [0.3, 0.4) is 0 Å². The van der Waals surface area contributed by atoms with E-state index in [2.05, 4.69) is 11.9 Å². The summed E-state index contributed by atoms with van der Waals surface area (Å²) in [6.45, 7) is 3.41. The molecular formula is C13H12ClNO2S. The fraction of sp³-hybridized carbons (Fsp3) is 0.231. The lowest BCUT2D eigenvalue weighted by molar-refractivity contribution is -0.127. The van der Waals surface area contributed by atoms with E-state index in [0.717, 1.165) is 5.56 Å². The lowest BCUT2D eigenvalue weighted by Crippen LogP contribution is -2.54. The highest BCUT2D eigenvalue weighted by Crippen LogP contribution is 2.36. The molecule has 5 heteroatoms. The predicted octanol–water partition coefficient (Wildman–Crippen LogP) is 2.37. The molecule has 2 rings (SSSR count). The zero-order valence-corrected chi connectivity index (χ0v) is 11.1. The van der Waals surface area contributed by atoms with Gasteiger partial charge in [0.25, 0.3) is 0 Å². The number of halogens is 1. The molecule has 1 aromatic rings. The number of β-lactam (4-membered cyclic amide) rings is 1. The van der Waals surface area contributed by atoms with E-state index in [-0.39, 0.29) is 28.7 Å². The third kappa shape index (κ3) is 2.60. The lowest BCUT2D eigenvalue weighted by atomic mass is 9.96. The second-order valence-corrected chi connectivity index (χ2v) is 5.45. The molecule has 0 spiro atoms. The van der Waals surface area contributed by atoms with Crippen molar-refractivity contribution in [2.75, 3.05) is 5.75 Å². The van der Waals surface area contributed by atoms with Crippen LogP contribution in [0.25, 0.3) is 0 Å². The van der Waals surface area contributed by atoms with Gasteiger partial charge in [-0.1, -0.05) is 36.4 Å². The first-order chi connectivity index (χ1) is 8.63. The summed E-state index contributed by atoms with van der Waals surface area (Å²) in [6.07, 6.45) is 1.27. The summed E-state index contributed by atoms with van der Waals surface area (Å²) in [5, 5.41) is 3.18. The molecule has 0 bridgehead atoms. The number of hydrogen-bond donors (Lipinski definition) is 1. The van der Waals surface area contributed by atoms with Crippen LogP contribution in [0, 0.1) is 0 Å². The SMILES string of the molecule is C=CC(=O)CSC1C(=O)NC1c1ccccc1Cl. The largest absolute Gasteiger partial charge is 0.347 e. The quantitative estimate of drug-likeness (QED) is 0.666. The summed E-state index contributed by atoms with van der Waals surface area (Å²) in [4.78, 5) is 22.7. The molecule has 0 saturated carbocycles. The fourth-order valence-corrected chi connectivity index (χ4v) is 3.08. The van der Waals surface area contributed by atoms with E-state index < -0.39 is 0 Å². The molecule has 1 aromatic carbocycles. The molecule has 2 atom stereocenters. The Bertz CT molecular complexity index is 504. The summed E-state index contributed by atoms with van der Waals surface area (Å²) >= 11 is 7.42. The van der Waals surface area contributed by atoms with Gasteiger partial charge in [0.15, 0.2) is 5.78 Å². The second kappa shape index (κ2) is 5.59. The summed E-state index contributed by atoms with van der Waals surface area (Å²) < 4.78 is 0. The van der Waals surface area contributed by atoms with Crippen molar-refractivity contribution in [3.63, 3.8) is 0 Å². The van der Waals surface area contributed by atoms with E-state index in [1.54, 1.807) is 6.07 Å². The van der Waals surface area contributed by atoms with Crippen LogP contribution in [0.15, 0.2) is 36.9 Å². The Morgan fingerprint density at radius 3 is 2.83 bits per heavy atom. The summed E-state index contributed by atoms with van der Waals surface area (Å²) in [7, 11) is 0. The first-order valence-electron chi connectivity index (χ1n) is 5.45. The minimum atomic E-state index is -0.256.